The lowest BCUT2D eigenvalue weighted by Gasteiger charge is -2.10. The van der Waals surface area contributed by atoms with Gasteiger partial charge >= 0.3 is 5.97 Å². The number of benzene rings is 2. The van der Waals surface area contributed by atoms with Gasteiger partial charge in [-0.25, -0.2) is 4.79 Å². The van der Waals surface area contributed by atoms with Crippen LogP contribution in [0.5, 0.6) is 5.75 Å². The number of carbonyl (C=O) groups excluding carboxylic acids is 2. The minimum atomic E-state index is -0.841. The van der Waals surface area contributed by atoms with Crippen molar-refractivity contribution >= 4 is 23.3 Å². The summed E-state index contributed by atoms with van der Waals surface area (Å²) in [4.78, 5) is 34.2. The number of anilines is 1. The molecular weight excluding hydrogens is 328 g/mol. The zero-order valence-corrected chi connectivity index (χ0v) is 13.6. The number of hydrogen-bond acceptors (Lipinski definition) is 6. The third-order valence-electron chi connectivity index (χ3n) is 3.57. The van der Waals surface area contributed by atoms with E-state index in [9.17, 15) is 24.8 Å². The van der Waals surface area contributed by atoms with Crippen LogP contribution in [0.4, 0.5) is 11.4 Å². The smallest absolute Gasteiger partial charge is 0.342 e. The molecular formula is C17H16N2O6. The quantitative estimate of drug-likeness (QED) is 0.489. The van der Waals surface area contributed by atoms with Crippen molar-refractivity contribution < 1.29 is 24.4 Å². The monoisotopic (exact) mass is 344 g/mol. The Kier molecular flexibility index (Phi) is 5.33. The van der Waals surface area contributed by atoms with E-state index in [0.717, 1.165) is 0 Å². The Morgan fingerprint density at radius 1 is 1.20 bits per heavy atom. The van der Waals surface area contributed by atoms with Gasteiger partial charge in [0, 0.05) is 6.07 Å². The van der Waals surface area contributed by atoms with E-state index < -0.39 is 23.4 Å². The molecule has 0 aromatic heterocycles. The summed E-state index contributed by atoms with van der Waals surface area (Å²) in [6.07, 6.45) is 0. The van der Waals surface area contributed by atoms with Gasteiger partial charge in [0.25, 0.3) is 11.6 Å². The van der Waals surface area contributed by atoms with Gasteiger partial charge in [-0.2, -0.15) is 0 Å². The number of carbonyl (C=O) groups is 2. The molecule has 0 saturated heterocycles. The van der Waals surface area contributed by atoms with Gasteiger partial charge in [-0.15, -0.1) is 0 Å². The largest absolute Gasteiger partial charge is 0.507 e. The number of para-hydroxylation sites is 1. The van der Waals surface area contributed by atoms with Crippen LogP contribution < -0.4 is 5.32 Å². The first-order valence-electron chi connectivity index (χ1n) is 7.30. The molecule has 2 rings (SSSR count). The Hall–Kier alpha value is -3.42. The number of nitro groups is 1. The molecule has 0 atom stereocenters. The second-order valence-corrected chi connectivity index (χ2v) is 5.30. The first-order chi connectivity index (χ1) is 11.8. The van der Waals surface area contributed by atoms with E-state index in [1.807, 2.05) is 0 Å². The Balaban J connectivity index is 2.02. The van der Waals surface area contributed by atoms with Crippen LogP contribution in [0.15, 0.2) is 36.4 Å². The SMILES string of the molecule is Cc1cccc(C(=O)OCC(=O)Nc2cccc([N+](=O)[O-])c2C)c1O. The molecule has 8 heteroatoms. The third kappa shape index (κ3) is 4.11. The van der Waals surface area contributed by atoms with Crippen LogP contribution in [0.3, 0.4) is 0 Å². The molecule has 0 fully saturated rings. The van der Waals surface area contributed by atoms with Crippen LogP contribution in [0.25, 0.3) is 0 Å². The van der Waals surface area contributed by atoms with Crippen LogP contribution in [-0.4, -0.2) is 28.5 Å². The van der Waals surface area contributed by atoms with Crippen molar-refractivity contribution in [2.24, 2.45) is 0 Å². The van der Waals surface area contributed by atoms with Gasteiger partial charge in [-0.05, 0) is 31.5 Å². The predicted octanol–water partition coefficient (Wildman–Crippen LogP) is 2.71. The summed E-state index contributed by atoms with van der Waals surface area (Å²) in [5, 5.41) is 23.2. The Labute approximate surface area is 143 Å². The van der Waals surface area contributed by atoms with Crippen molar-refractivity contribution in [2.45, 2.75) is 13.8 Å². The first kappa shape index (κ1) is 17.9. The number of aryl methyl sites for hydroxylation is 1. The van der Waals surface area contributed by atoms with Gasteiger partial charge in [-0.1, -0.05) is 18.2 Å². The molecule has 1 amide bonds. The Morgan fingerprint density at radius 3 is 2.56 bits per heavy atom. The number of amides is 1. The fourth-order valence-corrected chi connectivity index (χ4v) is 2.18. The fraction of sp³-hybridized carbons (Fsp3) is 0.176. The molecule has 0 radical (unpaired) electrons. The zero-order chi connectivity index (χ0) is 18.6. The highest BCUT2D eigenvalue weighted by molar-refractivity contribution is 5.97. The summed E-state index contributed by atoms with van der Waals surface area (Å²) in [6.45, 7) is 2.54. The van der Waals surface area contributed by atoms with Gasteiger partial charge < -0.3 is 15.2 Å². The fourth-order valence-electron chi connectivity index (χ4n) is 2.18. The van der Waals surface area contributed by atoms with Crippen molar-refractivity contribution in [3.05, 3.63) is 63.2 Å². The number of nitro benzene ring substituents is 1. The van der Waals surface area contributed by atoms with E-state index in [1.54, 1.807) is 19.1 Å². The van der Waals surface area contributed by atoms with Crippen molar-refractivity contribution in [3.63, 3.8) is 0 Å². The molecule has 2 N–H and O–H groups in total. The molecule has 0 aliphatic rings. The van der Waals surface area contributed by atoms with Gasteiger partial charge in [0.15, 0.2) is 6.61 Å². The van der Waals surface area contributed by atoms with E-state index in [4.69, 9.17) is 4.74 Å². The van der Waals surface area contributed by atoms with Crippen molar-refractivity contribution in [1.82, 2.24) is 0 Å². The molecule has 0 unspecified atom stereocenters. The minimum Gasteiger partial charge on any atom is -0.507 e. The number of aromatic hydroxyl groups is 1. The summed E-state index contributed by atoms with van der Waals surface area (Å²) in [5.41, 5.74) is 0.891. The van der Waals surface area contributed by atoms with Crippen molar-refractivity contribution in [3.8, 4) is 5.75 Å². The Bertz CT molecular complexity index is 847. The molecule has 25 heavy (non-hydrogen) atoms. The molecule has 8 nitrogen and oxygen atoms in total. The number of phenols is 1. The molecule has 0 saturated carbocycles. The summed E-state index contributed by atoms with van der Waals surface area (Å²) < 4.78 is 4.87. The lowest BCUT2D eigenvalue weighted by molar-refractivity contribution is -0.385. The topological polar surface area (TPSA) is 119 Å². The lowest BCUT2D eigenvalue weighted by atomic mass is 10.1. The highest BCUT2D eigenvalue weighted by Crippen LogP contribution is 2.25. The lowest BCUT2D eigenvalue weighted by Crippen LogP contribution is -2.21. The maximum Gasteiger partial charge on any atom is 0.342 e. The van der Waals surface area contributed by atoms with Crippen LogP contribution >= 0.6 is 0 Å². The van der Waals surface area contributed by atoms with Crippen LogP contribution in [0, 0.1) is 24.0 Å². The second kappa shape index (κ2) is 7.43. The number of hydrogen-bond donors (Lipinski definition) is 2. The van der Waals surface area contributed by atoms with Crippen molar-refractivity contribution in [1.29, 1.82) is 0 Å². The summed E-state index contributed by atoms with van der Waals surface area (Å²) in [6, 6.07) is 8.87. The molecule has 2 aromatic rings. The highest BCUT2D eigenvalue weighted by Gasteiger charge is 2.17. The number of esters is 1. The maximum atomic E-state index is 11.9. The first-order valence-corrected chi connectivity index (χ1v) is 7.30. The molecule has 0 aliphatic heterocycles. The minimum absolute atomic E-state index is 0.0423. The van der Waals surface area contributed by atoms with E-state index in [0.29, 0.717) is 11.1 Å². The van der Waals surface area contributed by atoms with E-state index in [-0.39, 0.29) is 22.7 Å². The molecule has 0 aliphatic carbocycles. The van der Waals surface area contributed by atoms with E-state index in [1.165, 1.54) is 31.2 Å². The van der Waals surface area contributed by atoms with Crippen LogP contribution in [0.1, 0.15) is 21.5 Å². The number of rotatable bonds is 5. The number of nitrogens with one attached hydrogen (secondary N) is 1. The zero-order valence-electron chi connectivity index (χ0n) is 13.6. The molecule has 0 spiro atoms. The van der Waals surface area contributed by atoms with Crippen molar-refractivity contribution in [2.75, 3.05) is 11.9 Å². The summed E-state index contributed by atoms with van der Waals surface area (Å²) >= 11 is 0. The highest BCUT2D eigenvalue weighted by atomic mass is 16.6. The average Bonchev–Trinajstić information content (AvgIpc) is 2.56. The summed E-state index contributed by atoms with van der Waals surface area (Å²) in [7, 11) is 0. The molecule has 0 heterocycles. The predicted molar refractivity (Wildman–Crippen MR) is 89.6 cm³/mol. The summed E-state index contributed by atoms with van der Waals surface area (Å²) in [5.74, 6) is -1.70. The molecule has 2 aromatic carbocycles. The molecule has 130 valence electrons. The van der Waals surface area contributed by atoms with Gasteiger partial charge in [0.2, 0.25) is 0 Å². The average molecular weight is 344 g/mol. The molecule has 0 bridgehead atoms. The standard InChI is InChI=1S/C17H16N2O6/c1-10-5-3-6-12(16(10)21)17(22)25-9-15(20)18-13-7-4-8-14(11(13)2)19(23)24/h3-8,21H,9H2,1-2H3,(H,18,20). The van der Waals surface area contributed by atoms with Crippen LogP contribution in [-0.2, 0) is 9.53 Å². The Morgan fingerprint density at radius 2 is 1.88 bits per heavy atom. The third-order valence-corrected chi connectivity index (χ3v) is 3.57. The van der Waals surface area contributed by atoms with Crippen LogP contribution in [0.2, 0.25) is 0 Å². The number of nitrogens with zero attached hydrogens (tertiary/aromatic N) is 1. The maximum absolute atomic E-state index is 11.9. The number of ether oxygens (including phenoxy) is 1. The number of phenolic OH excluding ortho intramolecular Hbond substituents is 1. The van der Waals surface area contributed by atoms with E-state index >= 15 is 0 Å². The second-order valence-electron chi connectivity index (χ2n) is 5.30. The van der Waals surface area contributed by atoms with Gasteiger partial charge in [0.05, 0.1) is 16.2 Å². The normalized spacial score (nSPS) is 10.2. The van der Waals surface area contributed by atoms with E-state index in [2.05, 4.69) is 5.32 Å². The van der Waals surface area contributed by atoms with Gasteiger partial charge in [0.1, 0.15) is 11.3 Å². The van der Waals surface area contributed by atoms with Gasteiger partial charge in [-0.3, -0.25) is 14.9 Å².